The average Bonchev–Trinajstić information content (AvgIpc) is 2.35. The third-order valence-electron chi connectivity index (χ3n) is 4.07. The van der Waals surface area contributed by atoms with Gasteiger partial charge >= 0.3 is 0 Å². The monoisotopic (exact) mass is 276 g/mol. The molecule has 1 rings (SSSR count). The molecule has 0 aromatic heterocycles. The highest BCUT2D eigenvalue weighted by Gasteiger charge is 2.37. The zero-order valence-corrected chi connectivity index (χ0v) is 12.9. The van der Waals surface area contributed by atoms with Crippen LogP contribution in [-0.2, 0) is 4.79 Å². The van der Waals surface area contributed by atoms with Gasteiger partial charge in [0.05, 0.1) is 5.54 Å². The number of likely N-dealkylation sites (N-methyl/N-ethyl adjacent to an activating group) is 1. The molecular formula is C14H29ClN2O. The highest BCUT2D eigenvalue weighted by Crippen LogP contribution is 2.28. The van der Waals surface area contributed by atoms with Crippen molar-refractivity contribution in [3.63, 3.8) is 0 Å². The van der Waals surface area contributed by atoms with E-state index in [0.717, 1.165) is 45.2 Å². The van der Waals surface area contributed by atoms with Crippen molar-refractivity contribution in [1.29, 1.82) is 0 Å². The second-order valence-electron chi connectivity index (χ2n) is 5.57. The lowest BCUT2D eigenvalue weighted by Gasteiger charge is -2.37. The topological polar surface area (TPSA) is 46.3 Å². The first-order valence-corrected chi connectivity index (χ1v) is 7.11. The quantitative estimate of drug-likeness (QED) is 0.839. The Morgan fingerprint density at radius 2 is 1.83 bits per heavy atom. The summed E-state index contributed by atoms with van der Waals surface area (Å²) in [6, 6.07) is 0. The number of halogens is 1. The summed E-state index contributed by atoms with van der Waals surface area (Å²) < 4.78 is 0. The van der Waals surface area contributed by atoms with Crippen LogP contribution in [0.25, 0.3) is 0 Å². The number of rotatable bonds is 5. The van der Waals surface area contributed by atoms with Crippen molar-refractivity contribution in [1.82, 2.24) is 4.90 Å². The molecule has 3 nitrogen and oxygen atoms in total. The van der Waals surface area contributed by atoms with E-state index in [4.69, 9.17) is 5.73 Å². The molecular weight excluding hydrogens is 248 g/mol. The Bertz CT molecular complexity index is 252. The maximum absolute atomic E-state index is 12.5. The number of nitrogens with two attached hydrogens (primary N) is 1. The summed E-state index contributed by atoms with van der Waals surface area (Å²) >= 11 is 0. The van der Waals surface area contributed by atoms with E-state index in [0.29, 0.717) is 5.92 Å². The molecule has 1 aliphatic rings. The zero-order chi connectivity index (χ0) is 12.9. The molecule has 1 saturated carbocycles. The molecule has 0 aromatic carbocycles. The Morgan fingerprint density at radius 1 is 1.28 bits per heavy atom. The van der Waals surface area contributed by atoms with Crippen LogP contribution < -0.4 is 5.73 Å². The Hall–Kier alpha value is -0.280. The fourth-order valence-electron chi connectivity index (χ4n) is 2.57. The molecule has 0 saturated heterocycles. The van der Waals surface area contributed by atoms with Gasteiger partial charge in [0.15, 0.2) is 0 Å². The first kappa shape index (κ1) is 17.7. The van der Waals surface area contributed by atoms with Gasteiger partial charge in [-0.1, -0.05) is 39.5 Å². The summed E-state index contributed by atoms with van der Waals surface area (Å²) in [4.78, 5) is 14.5. The Labute approximate surface area is 118 Å². The van der Waals surface area contributed by atoms with Crippen LogP contribution in [0.2, 0.25) is 0 Å². The Balaban J connectivity index is 0.00000289. The maximum Gasteiger partial charge on any atom is 0.242 e. The minimum absolute atomic E-state index is 0. The molecule has 1 amide bonds. The SMILES string of the molecule is CCC(C)CN(CC)C(=O)C1(N)CCCCC1.Cl. The molecule has 0 radical (unpaired) electrons. The largest absolute Gasteiger partial charge is 0.341 e. The van der Waals surface area contributed by atoms with E-state index in [9.17, 15) is 4.79 Å². The number of carbonyl (C=O) groups excluding carboxylic acids is 1. The molecule has 0 aromatic rings. The lowest BCUT2D eigenvalue weighted by molar-refractivity contribution is -0.138. The van der Waals surface area contributed by atoms with Gasteiger partial charge in [0.1, 0.15) is 0 Å². The standard InChI is InChI=1S/C14H28N2O.ClH/c1-4-12(3)11-16(5-2)13(17)14(15)9-7-6-8-10-14;/h12H,4-11,15H2,1-3H3;1H. The summed E-state index contributed by atoms with van der Waals surface area (Å²) in [6.45, 7) is 8.04. The molecule has 4 heteroatoms. The van der Waals surface area contributed by atoms with E-state index >= 15 is 0 Å². The van der Waals surface area contributed by atoms with Crippen LogP contribution in [0.4, 0.5) is 0 Å². The number of hydrogen-bond donors (Lipinski definition) is 1. The molecule has 2 N–H and O–H groups in total. The summed E-state index contributed by atoms with van der Waals surface area (Å²) in [6.07, 6.45) is 6.27. The van der Waals surface area contributed by atoms with Crippen LogP contribution in [0.15, 0.2) is 0 Å². The highest BCUT2D eigenvalue weighted by molar-refractivity contribution is 5.86. The van der Waals surface area contributed by atoms with Crippen LogP contribution in [0, 0.1) is 5.92 Å². The first-order chi connectivity index (χ1) is 8.03. The summed E-state index contributed by atoms with van der Waals surface area (Å²) in [5.41, 5.74) is 5.74. The molecule has 108 valence electrons. The minimum atomic E-state index is -0.568. The van der Waals surface area contributed by atoms with E-state index in [1.165, 1.54) is 6.42 Å². The summed E-state index contributed by atoms with van der Waals surface area (Å²) in [5.74, 6) is 0.742. The van der Waals surface area contributed by atoms with Gasteiger partial charge in [-0.15, -0.1) is 12.4 Å². The number of carbonyl (C=O) groups is 1. The van der Waals surface area contributed by atoms with Crippen molar-refractivity contribution < 1.29 is 4.79 Å². The van der Waals surface area contributed by atoms with Crippen molar-refractivity contribution in [2.75, 3.05) is 13.1 Å². The summed E-state index contributed by atoms with van der Waals surface area (Å²) in [7, 11) is 0. The van der Waals surface area contributed by atoms with E-state index < -0.39 is 5.54 Å². The fourth-order valence-corrected chi connectivity index (χ4v) is 2.57. The number of nitrogens with zero attached hydrogens (tertiary/aromatic N) is 1. The lowest BCUT2D eigenvalue weighted by atomic mass is 9.81. The Kier molecular flexibility index (Phi) is 7.88. The first-order valence-electron chi connectivity index (χ1n) is 7.11. The van der Waals surface area contributed by atoms with Gasteiger partial charge in [-0.05, 0) is 25.7 Å². The zero-order valence-electron chi connectivity index (χ0n) is 12.1. The van der Waals surface area contributed by atoms with Crippen molar-refractivity contribution in [2.24, 2.45) is 11.7 Å². The molecule has 18 heavy (non-hydrogen) atoms. The van der Waals surface area contributed by atoms with Gasteiger partial charge in [0.2, 0.25) is 5.91 Å². The van der Waals surface area contributed by atoms with Crippen molar-refractivity contribution in [2.45, 2.75) is 64.8 Å². The van der Waals surface area contributed by atoms with Crippen LogP contribution in [-0.4, -0.2) is 29.4 Å². The van der Waals surface area contributed by atoms with E-state index in [1.54, 1.807) is 0 Å². The maximum atomic E-state index is 12.5. The van der Waals surface area contributed by atoms with Crippen molar-refractivity contribution in [3.8, 4) is 0 Å². The second kappa shape index (κ2) is 8.00. The molecule has 0 bridgehead atoms. The van der Waals surface area contributed by atoms with Gasteiger partial charge < -0.3 is 10.6 Å². The highest BCUT2D eigenvalue weighted by atomic mass is 35.5. The third kappa shape index (κ3) is 4.43. The molecule has 1 fully saturated rings. The van der Waals surface area contributed by atoms with E-state index in [2.05, 4.69) is 13.8 Å². The molecule has 1 atom stereocenters. The van der Waals surface area contributed by atoms with Gasteiger partial charge in [-0.2, -0.15) is 0 Å². The van der Waals surface area contributed by atoms with Crippen LogP contribution in [0.1, 0.15) is 59.3 Å². The molecule has 0 spiro atoms. The van der Waals surface area contributed by atoms with Crippen LogP contribution in [0.3, 0.4) is 0 Å². The molecule has 0 aliphatic heterocycles. The second-order valence-corrected chi connectivity index (χ2v) is 5.57. The van der Waals surface area contributed by atoms with Crippen molar-refractivity contribution >= 4 is 18.3 Å². The lowest BCUT2D eigenvalue weighted by Crippen LogP contribution is -2.56. The fraction of sp³-hybridized carbons (Fsp3) is 0.929. The van der Waals surface area contributed by atoms with Gasteiger partial charge in [-0.3, -0.25) is 4.79 Å². The average molecular weight is 277 g/mol. The van der Waals surface area contributed by atoms with Gasteiger partial charge in [-0.25, -0.2) is 0 Å². The molecule has 1 unspecified atom stereocenters. The van der Waals surface area contributed by atoms with Gasteiger partial charge in [0.25, 0.3) is 0 Å². The van der Waals surface area contributed by atoms with E-state index in [-0.39, 0.29) is 18.3 Å². The Morgan fingerprint density at radius 3 is 2.28 bits per heavy atom. The number of amides is 1. The number of hydrogen-bond acceptors (Lipinski definition) is 2. The minimum Gasteiger partial charge on any atom is -0.341 e. The smallest absolute Gasteiger partial charge is 0.242 e. The third-order valence-corrected chi connectivity index (χ3v) is 4.07. The predicted octanol–water partition coefficient (Wildman–Crippen LogP) is 2.96. The van der Waals surface area contributed by atoms with Crippen molar-refractivity contribution in [3.05, 3.63) is 0 Å². The van der Waals surface area contributed by atoms with Crippen LogP contribution in [0.5, 0.6) is 0 Å². The molecule has 0 heterocycles. The van der Waals surface area contributed by atoms with Gasteiger partial charge in [0, 0.05) is 13.1 Å². The van der Waals surface area contributed by atoms with Crippen LogP contribution >= 0.6 is 12.4 Å². The predicted molar refractivity (Wildman–Crippen MR) is 79.0 cm³/mol. The normalized spacial score (nSPS) is 19.8. The molecule has 1 aliphatic carbocycles. The van der Waals surface area contributed by atoms with E-state index in [1.807, 2.05) is 11.8 Å². The summed E-state index contributed by atoms with van der Waals surface area (Å²) in [5, 5.41) is 0.